The van der Waals surface area contributed by atoms with Crippen molar-refractivity contribution in [1.29, 1.82) is 0 Å². The fraction of sp³-hybridized carbons (Fsp3) is 0.448. The summed E-state index contributed by atoms with van der Waals surface area (Å²) in [5.41, 5.74) is 3.77. The zero-order chi connectivity index (χ0) is 25.7. The quantitative estimate of drug-likeness (QED) is 0.511. The standard InChI is InChI=1S/C29H37N3O4/c1-5-6-9-26(28(33)30-4)32-18-25-24(29(32)34)8-7-10-27(25)35-19-23-13-11-22(12-14-23)17-31-15-20(2)36-21(3)16-31/h5,7-8,10-14,20-21,26H,1,6,9,15-19H2,2-4H3,(H,30,33). The summed E-state index contributed by atoms with van der Waals surface area (Å²) >= 11 is 0. The summed E-state index contributed by atoms with van der Waals surface area (Å²) in [5, 5.41) is 2.69. The van der Waals surface area contributed by atoms with Crippen molar-refractivity contribution in [2.75, 3.05) is 20.1 Å². The van der Waals surface area contributed by atoms with Gasteiger partial charge in [-0.1, -0.05) is 36.4 Å². The van der Waals surface area contributed by atoms with Gasteiger partial charge in [-0.3, -0.25) is 14.5 Å². The minimum absolute atomic E-state index is 0.135. The lowest BCUT2D eigenvalue weighted by Gasteiger charge is -2.35. The third-order valence-corrected chi connectivity index (χ3v) is 6.84. The Hall–Kier alpha value is -3.16. The van der Waals surface area contributed by atoms with Crippen molar-refractivity contribution in [3.8, 4) is 5.75 Å². The van der Waals surface area contributed by atoms with Crippen LogP contribution in [0.4, 0.5) is 0 Å². The highest BCUT2D eigenvalue weighted by Gasteiger charge is 2.37. The molecule has 0 aromatic heterocycles. The van der Waals surface area contributed by atoms with Gasteiger partial charge in [0, 0.05) is 37.8 Å². The molecule has 192 valence electrons. The topological polar surface area (TPSA) is 71.1 Å². The van der Waals surface area contributed by atoms with Gasteiger partial charge >= 0.3 is 0 Å². The van der Waals surface area contributed by atoms with Crippen molar-refractivity contribution in [2.24, 2.45) is 0 Å². The first-order valence-electron chi connectivity index (χ1n) is 12.7. The van der Waals surface area contributed by atoms with Crippen LogP contribution in [0.1, 0.15) is 53.7 Å². The molecule has 7 heteroatoms. The minimum atomic E-state index is -0.536. The number of allylic oxidation sites excluding steroid dienone is 1. The Morgan fingerprint density at radius 2 is 1.86 bits per heavy atom. The fourth-order valence-electron chi connectivity index (χ4n) is 5.16. The van der Waals surface area contributed by atoms with E-state index in [1.54, 1.807) is 24.1 Å². The highest BCUT2D eigenvalue weighted by molar-refractivity contribution is 6.01. The normalized spacial score (nSPS) is 20.6. The van der Waals surface area contributed by atoms with Crippen LogP contribution in [0.2, 0.25) is 0 Å². The van der Waals surface area contributed by atoms with E-state index in [0.717, 1.165) is 30.8 Å². The van der Waals surface area contributed by atoms with Gasteiger partial charge in [0.15, 0.2) is 0 Å². The zero-order valence-corrected chi connectivity index (χ0v) is 21.5. The van der Waals surface area contributed by atoms with Crippen LogP contribution in [0.25, 0.3) is 0 Å². The van der Waals surface area contributed by atoms with Gasteiger partial charge in [-0.2, -0.15) is 0 Å². The summed E-state index contributed by atoms with van der Waals surface area (Å²) in [7, 11) is 1.60. The molecule has 3 atom stereocenters. The Balaban J connectivity index is 1.40. The Labute approximate surface area is 214 Å². The molecule has 1 fully saturated rings. The van der Waals surface area contributed by atoms with Gasteiger partial charge in [0.1, 0.15) is 18.4 Å². The van der Waals surface area contributed by atoms with Crippen molar-refractivity contribution < 1.29 is 19.1 Å². The third-order valence-electron chi connectivity index (χ3n) is 6.84. The molecule has 0 radical (unpaired) electrons. The molecule has 0 aliphatic carbocycles. The van der Waals surface area contributed by atoms with Crippen molar-refractivity contribution in [3.05, 3.63) is 77.4 Å². The largest absolute Gasteiger partial charge is 0.489 e. The van der Waals surface area contributed by atoms with Crippen LogP contribution in [0.5, 0.6) is 5.75 Å². The van der Waals surface area contributed by atoms with Gasteiger partial charge in [0.2, 0.25) is 5.91 Å². The van der Waals surface area contributed by atoms with Crippen molar-refractivity contribution in [3.63, 3.8) is 0 Å². The first kappa shape index (κ1) is 25.9. The molecular weight excluding hydrogens is 454 g/mol. The van der Waals surface area contributed by atoms with E-state index in [0.29, 0.717) is 37.3 Å². The predicted octanol–water partition coefficient (Wildman–Crippen LogP) is 3.91. The maximum absolute atomic E-state index is 13.1. The number of hydrogen-bond donors (Lipinski definition) is 1. The van der Waals surface area contributed by atoms with Crippen molar-refractivity contribution in [2.45, 2.75) is 64.6 Å². The van der Waals surface area contributed by atoms with Gasteiger partial charge in [-0.25, -0.2) is 0 Å². The Kier molecular flexibility index (Phi) is 8.44. The Bertz CT molecular complexity index is 1070. The van der Waals surface area contributed by atoms with Crippen LogP contribution in [0, 0.1) is 0 Å². The molecular formula is C29H37N3O4. The number of amides is 2. The Morgan fingerprint density at radius 3 is 2.53 bits per heavy atom. The van der Waals surface area contributed by atoms with Crippen molar-refractivity contribution in [1.82, 2.24) is 15.1 Å². The lowest BCUT2D eigenvalue weighted by Crippen LogP contribution is -2.46. The van der Waals surface area contributed by atoms with Gasteiger partial charge in [-0.05, 0) is 49.9 Å². The second-order valence-electron chi connectivity index (χ2n) is 9.77. The predicted molar refractivity (Wildman–Crippen MR) is 140 cm³/mol. The first-order chi connectivity index (χ1) is 17.4. The van der Waals surface area contributed by atoms with Crippen LogP contribution in [0.15, 0.2) is 55.1 Å². The monoisotopic (exact) mass is 491 g/mol. The molecule has 2 aliphatic rings. The summed E-state index contributed by atoms with van der Waals surface area (Å²) in [6.07, 6.45) is 3.47. The number of hydrogen-bond acceptors (Lipinski definition) is 5. The molecule has 2 aromatic carbocycles. The average molecular weight is 492 g/mol. The number of benzene rings is 2. The van der Waals surface area contributed by atoms with Crippen LogP contribution in [0.3, 0.4) is 0 Å². The number of rotatable bonds is 10. The summed E-state index contributed by atoms with van der Waals surface area (Å²) in [4.78, 5) is 29.7. The lowest BCUT2D eigenvalue weighted by molar-refractivity contribution is -0.125. The van der Waals surface area contributed by atoms with E-state index in [1.807, 2.05) is 12.1 Å². The number of fused-ring (bicyclic) bond motifs is 1. The summed E-state index contributed by atoms with van der Waals surface area (Å²) in [6.45, 7) is 11.5. The summed E-state index contributed by atoms with van der Waals surface area (Å²) < 4.78 is 12.0. The van der Waals surface area contributed by atoms with Crippen LogP contribution >= 0.6 is 0 Å². The molecule has 36 heavy (non-hydrogen) atoms. The number of morpholine rings is 1. The SMILES string of the molecule is C=CCCC(C(=O)NC)N1Cc2c(OCc3ccc(CN4CC(C)OC(C)C4)cc3)cccc2C1=O. The minimum Gasteiger partial charge on any atom is -0.489 e. The molecule has 2 aromatic rings. The molecule has 3 unspecified atom stereocenters. The van der Waals surface area contributed by atoms with E-state index >= 15 is 0 Å². The summed E-state index contributed by atoms with van der Waals surface area (Å²) in [6, 6.07) is 13.5. The second kappa shape index (κ2) is 11.7. The number of ether oxygens (including phenoxy) is 2. The Morgan fingerprint density at radius 1 is 1.17 bits per heavy atom. The summed E-state index contributed by atoms with van der Waals surface area (Å²) in [5.74, 6) is 0.383. The number of carbonyl (C=O) groups is 2. The van der Waals surface area contributed by atoms with E-state index < -0.39 is 6.04 Å². The number of likely N-dealkylation sites (N-methyl/N-ethyl adjacent to an activating group) is 1. The van der Waals surface area contributed by atoms with E-state index in [4.69, 9.17) is 9.47 Å². The fourth-order valence-corrected chi connectivity index (χ4v) is 5.16. The molecule has 1 N–H and O–H groups in total. The number of carbonyl (C=O) groups excluding carboxylic acids is 2. The van der Waals surface area contributed by atoms with E-state index in [-0.39, 0.29) is 24.0 Å². The molecule has 0 spiro atoms. The maximum Gasteiger partial charge on any atom is 0.255 e. The number of nitrogens with zero attached hydrogens (tertiary/aromatic N) is 2. The van der Waals surface area contributed by atoms with Crippen LogP contribution in [-0.4, -0.2) is 60.0 Å². The average Bonchev–Trinajstić information content (AvgIpc) is 3.20. The highest BCUT2D eigenvalue weighted by Crippen LogP contribution is 2.33. The van der Waals surface area contributed by atoms with Gasteiger partial charge in [0.05, 0.1) is 18.8 Å². The first-order valence-corrected chi connectivity index (χ1v) is 12.7. The van der Waals surface area contributed by atoms with E-state index in [9.17, 15) is 9.59 Å². The van der Waals surface area contributed by atoms with Gasteiger partial charge in [-0.15, -0.1) is 6.58 Å². The molecule has 0 bridgehead atoms. The van der Waals surface area contributed by atoms with Crippen LogP contribution < -0.4 is 10.1 Å². The third kappa shape index (κ3) is 5.97. The van der Waals surface area contributed by atoms with E-state index in [1.165, 1.54) is 5.56 Å². The number of nitrogens with one attached hydrogen (secondary N) is 1. The molecule has 1 saturated heterocycles. The highest BCUT2D eigenvalue weighted by atomic mass is 16.5. The molecule has 2 amide bonds. The lowest BCUT2D eigenvalue weighted by atomic mass is 10.1. The molecule has 7 nitrogen and oxygen atoms in total. The second-order valence-corrected chi connectivity index (χ2v) is 9.77. The van der Waals surface area contributed by atoms with Gasteiger partial charge < -0.3 is 19.7 Å². The molecule has 0 saturated carbocycles. The molecule has 2 heterocycles. The smallest absolute Gasteiger partial charge is 0.255 e. The molecule has 2 aliphatic heterocycles. The van der Waals surface area contributed by atoms with Crippen molar-refractivity contribution >= 4 is 11.8 Å². The maximum atomic E-state index is 13.1. The van der Waals surface area contributed by atoms with E-state index in [2.05, 4.69) is 54.9 Å². The van der Waals surface area contributed by atoms with Gasteiger partial charge in [0.25, 0.3) is 5.91 Å². The van der Waals surface area contributed by atoms with Crippen LogP contribution in [-0.2, 0) is 29.2 Å². The molecule has 4 rings (SSSR count). The zero-order valence-electron chi connectivity index (χ0n) is 21.5.